The Morgan fingerprint density at radius 1 is 1.21 bits per heavy atom. The molecule has 156 valence electrons. The van der Waals surface area contributed by atoms with Gasteiger partial charge in [0.15, 0.2) is 0 Å². The van der Waals surface area contributed by atoms with Crippen molar-refractivity contribution in [1.29, 1.82) is 0 Å². The number of piperazine rings is 1. The van der Waals surface area contributed by atoms with Gasteiger partial charge in [0.2, 0.25) is 11.3 Å². The molecule has 1 saturated heterocycles. The van der Waals surface area contributed by atoms with Crippen molar-refractivity contribution in [3.05, 3.63) is 39.9 Å². The fourth-order valence-corrected chi connectivity index (χ4v) is 3.98. The molecular weight excluding hydrogens is 397 g/mol. The minimum absolute atomic E-state index is 0.0545. The molecule has 9 heteroatoms. The van der Waals surface area contributed by atoms with Crippen molar-refractivity contribution >= 4 is 40.2 Å². The van der Waals surface area contributed by atoms with Crippen molar-refractivity contribution in [2.24, 2.45) is 0 Å². The highest BCUT2D eigenvalue weighted by Crippen LogP contribution is 2.26. The normalized spacial score (nSPS) is 14.4. The molecule has 2 heterocycles. The standard InChI is InChI=1S/C20H24FN3O4S/c1-3-22-12-14(20(27)28)19(26)13-10-15(21)17(11-16(13)22)23-5-7-24(8-6-23)18(25)4-9-29-2/h10-12H,3-9H2,1-2H3,(H,27,28). The van der Waals surface area contributed by atoms with Crippen LogP contribution in [0.2, 0.25) is 0 Å². The molecule has 0 bridgehead atoms. The van der Waals surface area contributed by atoms with Gasteiger partial charge in [0.1, 0.15) is 11.4 Å². The number of hydrogen-bond acceptors (Lipinski definition) is 5. The number of carbonyl (C=O) groups is 2. The minimum Gasteiger partial charge on any atom is -0.477 e. The average molecular weight is 421 g/mol. The van der Waals surface area contributed by atoms with Crippen LogP contribution in [0.25, 0.3) is 10.9 Å². The quantitative estimate of drug-likeness (QED) is 0.771. The van der Waals surface area contributed by atoms with Gasteiger partial charge in [-0.1, -0.05) is 0 Å². The van der Waals surface area contributed by atoms with Crippen LogP contribution in [0, 0.1) is 5.82 Å². The molecule has 0 saturated carbocycles. The molecule has 1 aromatic carbocycles. The number of hydrogen-bond donors (Lipinski definition) is 1. The Balaban J connectivity index is 1.91. The highest BCUT2D eigenvalue weighted by Gasteiger charge is 2.24. The SMILES string of the molecule is CCn1cc(C(=O)O)c(=O)c2cc(F)c(N3CCN(C(=O)CCSC)CC3)cc21. The average Bonchev–Trinajstić information content (AvgIpc) is 2.72. The molecule has 1 N–H and O–H groups in total. The molecule has 1 fully saturated rings. The molecule has 0 unspecified atom stereocenters. The van der Waals surface area contributed by atoms with Gasteiger partial charge in [-0.2, -0.15) is 11.8 Å². The zero-order valence-corrected chi connectivity index (χ0v) is 17.3. The summed E-state index contributed by atoms with van der Waals surface area (Å²) in [6, 6.07) is 2.73. The van der Waals surface area contributed by atoms with Gasteiger partial charge in [-0.05, 0) is 25.3 Å². The van der Waals surface area contributed by atoms with Crippen molar-refractivity contribution in [3.63, 3.8) is 0 Å². The van der Waals surface area contributed by atoms with Crippen LogP contribution in [0.5, 0.6) is 0 Å². The van der Waals surface area contributed by atoms with E-state index in [9.17, 15) is 23.9 Å². The van der Waals surface area contributed by atoms with E-state index < -0.39 is 17.2 Å². The number of carboxylic acid groups (broad SMARTS) is 1. The first-order chi connectivity index (χ1) is 13.9. The van der Waals surface area contributed by atoms with E-state index in [2.05, 4.69) is 0 Å². The Morgan fingerprint density at radius 2 is 1.90 bits per heavy atom. The van der Waals surface area contributed by atoms with Gasteiger partial charge < -0.3 is 19.5 Å². The molecule has 1 aromatic heterocycles. The van der Waals surface area contributed by atoms with E-state index in [1.165, 1.54) is 6.20 Å². The van der Waals surface area contributed by atoms with E-state index in [1.54, 1.807) is 27.3 Å². The van der Waals surface area contributed by atoms with Gasteiger partial charge in [0.25, 0.3) is 0 Å². The first-order valence-corrected chi connectivity index (χ1v) is 10.9. The number of anilines is 1. The number of rotatable bonds is 6. The molecule has 0 atom stereocenters. The van der Waals surface area contributed by atoms with Gasteiger partial charge in [-0.3, -0.25) is 9.59 Å². The molecule has 0 aliphatic carbocycles. The molecule has 1 aliphatic heterocycles. The van der Waals surface area contributed by atoms with Crippen molar-refractivity contribution < 1.29 is 19.1 Å². The van der Waals surface area contributed by atoms with Crippen LogP contribution in [-0.4, -0.2) is 64.6 Å². The van der Waals surface area contributed by atoms with E-state index in [4.69, 9.17) is 0 Å². The minimum atomic E-state index is -1.33. The molecular formula is C20H24FN3O4S. The van der Waals surface area contributed by atoms with Crippen molar-refractivity contribution in [2.45, 2.75) is 19.9 Å². The maximum Gasteiger partial charge on any atom is 0.341 e. The molecule has 2 aromatic rings. The summed E-state index contributed by atoms with van der Waals surface area (Å²) >= 11 is 1.63. The van der Waals surface area contributed by atoms with Crippen LogP contribution in [0.15, 0.2) is 23.1 Å². The maximum atomic E-state index is 14.9. The monoisotopic (exact) mass is 421 g/mol. The highest BCUT2D eigenvalue weighted by molar-refractivity contribution is 7.98. The number of carbonyl (C=O) groups excluding carboxylic acids is 1. The van der Waals surface area contributed by atoms with E-state index in [0.29, 0.717) is 50.3 Å². The number of fused-ring (bicyclic) bond motifs is 1. The second-order valence-corrected chi connectivity index (χ2v) is 7.88. The number of aromatic carboxylic acids is 1. The first-order valence-electron chi connectivity index (χ1n) is 9.49. The van der Waals surface area contributed by atoms with Crippen molar-refractivity contribution in [2.75, 3.05) is 43.1 Å². The van der Waals surface area contributed by atoms with Crippen molar-refractivity contribution in [3.8, 4) is 0 Å². The topological polar surface area (TPSA) is 82.8 Å². The lowest BCUT2D eigenvalue weighted by Crippen LogP contribution is -2.49. The second-order valence-electron chi connectivity index (χ2n) is 6.89. The van der Waals surface area contributed by atoms with Crippen LogP contribution in [-0.2, 0) is 11.3 Å². The van der Waals surface area contributed by atoms with Crippen LogP contribution in [0.4, 0.5) is 10.1 Å². The van der Waals surface area contributed by atoms with Crippen LogP contribution in [0.1, 0.15) is 23.7 Å². The molecule has 7 nitrogen and oxygen atoms in total. The first kappa shape index (κ1) is 21.2. The Morgan fingerprint density at radius 3 is 2.48 bits per heavy atom. The summed E-state index contributed by atoms with van der Waals surface area (Å²) in [5.74, 6) is -1.00. The van der Waals surface area contributed by atoms with E-state index in [-0.39, 0.29) is 16.9 Å². The molecule has 0 spiro atoms. The van der Waals surface area contributed by atoms with Crippen LogP contribution < -0.4 is 10.3 Å². The van der Waals surface area contributed by atoms with Crippen molar-refractivity contribution in [1.82, 2.24) is 9.47 Å². The second kappa shape index (κ2) is 8.86. The van der Waals surface area contributed by atoms with Crippen LogP contribution >= 0.6 is 11.8 Å². The molecule has 1 aliphatic rings. The van der Waals surface area contributed by atoms with Crippen LogP contribution in [0.3, 0.4) is 0 Å². The highest BCUT2D eigenvalue weighted by atomic mass is 32.2. The van der Waals surface area contributed by atoms with Gasteiger partial charge >= 0.3 is 5.97 Å². The van der Waals surface area contributed by atoms with E-state index in [0.717, 1.165) is 11.8 Å². The van der Waals surface area contributed by atoms with Gasteiger partial charge in [0.05, 0.1) is 11.2 Å². The number of halogens is 1. The molecule has 1 amide bonds. The third-order valence-corrected chi connectivity index (χ3v) is 5.83. The predicted molar refractivity (Wildman–Crippen MR) is 113 cm³/mol. The maximum absolute atomic E-state index is 14.9. The summed E-state index contributed by atoms with van der Waals surface area (Å²) in [6.45, 7) is 4.30. The number of nitrogens with zero attached hydrogens (tertiary/aromatic N) is 3. The number of amides is 1. The lowest BCUT2D eigenvalue weighted by Gasteiger charge is -2.36. The Labute approximate surface area is 172 Å². The summed E-state index contributed by atoms with van der Waals surface area (Å²) in [4.78, 5) is 39.6. The summed E-state index contributed by atoms with van der Waals surface area (Å²) in [7, 11) is 0. The van der Waals surface area contributed by atoms with Gasteiger partial charge in [-0.25, -0.2) is 9.18 Å². The zero-order chi connectivity index (χ0) is 21.1. The third kappa shape index (κ3) is 4.24. The summed E-state index contributed by atoms with van der Waals surface area (Å²) in [5, 5.41) is 9.30. The Kier molecular flexibility index (Phi) is 6.46. The smallest absolute Gasteiger partial charge is 0.341 e. The predicted octanol–water partition coefficient (Wildman–Crippen LogP) is 2.26. The van der Waals surface area contributed by atoms with E-state index in [1.807, 2.05) is 18.1 Å². The number of aromatic nitrogens is 1. The number of benzene rings is 1. The van der Waals surface area contributed by atoms with Gasteiger partial charge in [0, 0.05) is 56.5 Å². The lowest BCUT2D eigenvalue weighted by molar-refractivity contribution is -0.131. The van der Waals surface area contributed by atoms with E-state index >= 15 is 0 Å². The third-order valence-electron chi connectivity index (χ3n) is 5.21. The fourth-order valence-electron chi connectivity index (χ4n) is 3.60. The number of pyridine rings is 1. The lowest BCUT2D eigenvalue weighted by atomic mass is 10.1. The number of carboxylic acids is 1. The zero-order valence-electron chi connectivity index (χ0n) is 16.5. The largest absolute Gasteiger partial charge is 0.477 e. The summed E-state index contributed by atoms with van der Waals surface area (Å²) < 4.78 is 16.5. The summed E-state index contributed by atoms with van der Waals surface area (Å²) in [5.41, 5.74) is -0.202. The Hall–Kier alpha value is -2.55. The number of thioether (sulfide) groups is 1. The Bertz CT molecular complexity index is 999. The molecule has 0 radical (unpaired) electrons. The fraction of sp³-hybridized carbons (Fsp3) is 0.450. The number of aryl methyl sites for hydroxylation is 1. The summed E-state index contributed by atoms with van der Waals surface area (Å²) in [6.07, 6.45) is 3.76. The van der Waals surface area contributed by atoms with Gasteiger partial charge in [-0.15, -0.1) is 0 Å². The molecule has 29 heavy (non-hydrogen) atoms. The molecule has 3 rings (SSSR count).